The molecule has 2 aromatic carbocycles. The van der Waals surface area contributed by atoms with Crippen LogP contribution in [0.5, 0.6) is 11.5 Å². The van der Waals surface area contributed by atoms with Crippen LogP contribution in [-0.4, -0.2) is 28.7 Å². The van der Waals surface area contributed by atoms with Crippen molar-refractivity contribution in [3.05, 3.63) is 58.3 Å². The van der Waals surface area contributed by atoms with Gasteiger partial charge in [0.05, 0.1) is 6.54 Å². The van der Waals surface area contributed by atoms with Crippen molar-refractivity contribution in [2.75, 3.05) is 6.61 Å². The van der Waals surface area contributed by atoms with Crippen molar-refractivity contribution >= 4 is 34.0 Å². The molecular formula is C18H15NO5S. The highest BCUT2D eigenvalue weighted by atomic mass is 32.1. The first-order valence-electron chi connectivity index (χ1n) is 7.46. The lowest BCUT2D eigenvalue weighted by molar-refractivity contribution is -0.124. The molecule has 3 rings (SSSR count). The fraction of sp³-hybridized carbons (Fsp3) is 0.111. The first kappa shape index (κ1) is 16.8. The second kappa shape index (κ2) is 7.23. The van der Waals surface area contributed by atoms with Gasteiger partial charge in [-0.25, -0.2) is 4.79 Å². The van der Waals surface area contributed by atoms with Crippen LogP contribution < -0.4 is 5.32 Å². The molecule has 3 N–H and O–H groups in total. The molecule has 1 amide bonds. The summed E-state index contributed by atoms with van der Waals surface area (Å²) in [7, 11) is 0. The Kier molecular flexibility index (Phi) is 4.85. The highest BCUT2D eigenvalue weighted by Crippen LogP contribution is 2.35. The first-order chi connectivity index (χ1) is 12.1. The van der Waals surface area contributed by atoms with Crippen LogP contribution in [-0.2, 0) is 16.1 Å². The van der Waals surface area contributed by atoms with Gasteiger partial charge in [-0.05, 0) is 17.5 Å². The largest absolute Gasteiger partial charge is 0.507 e. The molecule has 0 bridgehead atoms. The number of ether oxygens (including phenoxy) is 1. The van der Waals surface area contributed by atoms with E-state index in [1.807, 2.05) is 17.5 Å². The van der Waals surface area contributed by atoms with E-state index in [1.165, 1.54) is 11.3 Å². The van der Waals surface area contributed by atoms with E-state index in [4.69, 9.17) is 4.74 Å². The molecule has 6 nitrogen and oxygen atoms in total. The van der Waals surface area contributed by atoms with Crippen LogP contribution in [0.3, 0.4) is 0 Å². The molecule has 0 atom stereocenters. The van der Waals surface area contributed by atoms with Gasteiger partial charge in [-0.1, -0.05) is 30.3 Å². The van der Waals surface area contributed by atoms with Crippen LogP contribution in [0, 0.1) is 0 Å². The molecule has 128 valence electrons. The normalized spacial score (nSPS) is 10.6. The van der Waals surface area contributed by atoms with Crippen molar-refractivity contribution in [3.63, 3.8) is 0 Å². The number of amides is 1. The summed E-state index contributed by atoms with van der Waals surface area (Å²) in [6.07, 6.45) is 0. The smallest absolute Gasteiger partial charge is 0.342 e. The number of rotatable bonds is 5. The summed E-state index contributed by atoms with van der Waals surface area (Å²) in [6, 6.07) is 11.5. The number of carbonyl (C=O) groups is 2. The SMILES string of the molecule is O=C(COC(=O)c1cc(O)c2ccccc2c1O)NCc1cccs1. The fourth-order valence-corrected chi connectivity index (χ4v) is 3.00. The highest BCUT2D eigenvalue weighted by molar-refractivity contribution is 7.09. The van der Waals surface area contributed by atoms with Crippen molar-refractivity contribution in [2.24, 2.45) is 0 Å². The maximum Gasteiger partial charge on any atom is 0.342 e. The summed E-state index contributed by atoms with van der Waals surface area (Å²) in [5, 5.41) is 25.5. The summed E-state index contributed by atoms with van der Waals surface area (Å²) in [5.41, 5.74) is -0.192. The minimum atomic E-state index is -0.884. The van der Waals surface area contributed by atoms with Gasteiger partial charge in [-0.3, -0.25) is 4.79 Å². The highest BCUT2D eigenvalue weighted by Gasteiger charge is 2.19. The van der Waals surface area contributed by atoms with Crippen molar-refractivity contribution in [2.45, 2.75) is 6.54 Å². The molecule has 0 aliphatic rings. The zero-order valence-electron chi connectivity index (χ0n) is 13.1. The van der Waals surface area contributed by atoms with E-state index in [0.717, 1.165) is 10.9 Å². The number of carbonyl (C=O) groups excluding carboxylic acids is 2. The number of esters is 1. The number of aromatic hydroxyl groups is 2. The van der Waals surface area contributed by atoms with Crippen molar-refractivity contribution in [1.29, 1.82) is 0 Å². The topological polar surface area (TPSA) is 95.9 Å². The number of fused-ring (bicyclic) bond motifs is 1. The number of phenolic OH excluding ortho intramolecular Hbond substituents is 2. The van der Waals surface area contributed by atoms with E-state index >= 15 is 0 Å². The van der Waals surface area contributed by atoms with E-state index in [0.29, 0.717) is 17.3 Å². The molecule has 1 heterocycles. The quantitative estimate of drug-likeness (QED) is 0.482. The number of hydrogen-bond donors (Lipinski definition) is 3. The van der Waals surface area contributed by atoms with Crippen molar-refractivity contribution in [1.82, 2.24) is 5.32 Å². The Balaban J connectivity index is 1.66. The molecule has 0 fully saturated rings. The molecule has 0 aliphatic heterocycles. The van der Waals surface area contributed by atoms with E-state index in [1.54, 1.807) is 24.3 Å². The Morgan fingerprint density at radius 3 is 2.56 bits per heavy atom. The number of nitrogens with one attached hydrogen (secondary N) is 1. The van der Waals surface area contributed by atoms with E-state index < -0.39 is 18.5 Å². The third-order valence-electron chi connectivity index (χ3n) is 3.59. The summed E-state index contributed by atoms with van der Waals surface area (Å²) in [6.45, 7) is -0.118. The van der Waals surface area contributed by atoms with Gasteiger partial charge in [0.2, 0.25) is 0 Å². The van der Waals surface area contributed by atoms with Crippen LogP contribution in [0.25, 0.3) is 10.8 Å². The Hall–Kier alpha value is -3.06. The van der Waals surface area contributed by atoms with Gasteiger partial charge >= 0.3 is 5.97 Å². The van der Waals surface area contributed by atoms with Gasteiger partial charge in [0.1, 0.15) is 17.1 Å². The van der Waals surface area contributed by atoms with E-state index in [-0.39, 0.29) is 17.1 Å². The molecule has 3 aromatic rings. The van der Waals surface area contributed by atoms with E-state index in [9.17, 15) is 19.8 Å². The zero-order chi connectivity index (χ0) is 17.8. The van der Waals surface area contributed by atoms with Crippen molar-refractivity contribution in [3.8, 4) is 11.5 Å². The van der Waals surface area contributed by atoms with Crippen LogP contribution >= 0.6 is 11.3 Å². The predicted molar refractivity (Wildman–Crippen MR) is 93.7 cm³/mol. The molecule has 0 saturated heterocycles. The molecule has 0 aliphatic carbocycles. The number of hydrogen-bond acceptors (Lipinski definition) is 6. The summed E-state index contributed by atoms with van der Waals surface area (Å²) >= 11 is 1.51. The molecule has 0 radical (unpaired) electrons. The minimum absolute atomic E-state index is 0.150. The maximum absolute atomic E-state index is 12.1. The third-order valence-corrected chi connectivity index (χ3v) is 4.46. The molecule has 0 spiro atoms. The van der Waals surface area contributed by atoms with Crippen LogP contribution in [0.15, 0.2) is 47.8 Å². The lowest BCUT2D eigenvalue weighted by Gasteiger charge is -2.10. The summed E-state index contributed by atoms with van der Waals surface area (Å²) in [4.78, 5) is 24.9. The van der Waals surface area contributed by atoms with Gasteiger partial charge in [-0.2, -0.15) is 0 Å². The second-order valence-electron chi connectivity index (χ2n) is 5.27. The Labute approximate surface area is 147 Å². The Bertz CT molecular complexity index is 921. The van der Waals surface area contributed by atoms with E-state index in [2.05, 4.69) is 5.32 Å². The van der Waals surface area contributed by atoms with Crippen molar-refractivity contribution < 1.29 is 24.5 Å². The lowest BCUT2D eigenvalue weighted by atomic mass is 10.0. The molecule has 0 unspecified atom stereocenters. The van der Waals surface area contributed by atoms with Crippen LogP contribution in [0.1, 0.15) is 15.2 Å². The standard InChI is InChI=1S/C18H15NO5S/c20-15-8-14(17(22)13-6-2-1-5-12(13)15)18(23)24-10-16(21)19-9-11-4-3-7-25-11/h1-8,20,22H,9-10H2,(H,19,21). The Morgan fingerprint density at radius 1 is 1.08 bits per heavy atom. The molecule has 7 heteroatoms. The third kappa shape index (κ3) is 3.72. The van der Waals surface area contributed by atoms with Gasteiger partial charge in [0.25, 0.3) is 5.91 Å². The average Bonchev–Trinajstić information content (AvgIpc) is 3.14. The molecule has 1 aromatic heterocycles. The van der Waals surface area contributed by atoms with Crippen LogP contribution in [0.2, 0.25) is 0 Å². The predicted octanol–water partition coefficient (Wildman–Crippen LogP) is 2.79. The van der Waals surface area contributed by atoms with Gasteiger partial charge in [-0.15, -0.1) is 11.3 Å². The molecular weight excluding hydrogens is 342 g/mol. The summed E-state index contributed by atoms with van der Waals surface area (Å²) in [5.74, 6) is -1.78. The van der Waals surface area contributed by atoms with Gasteiger partial charge < -0.3 is 20.3 Å². The summed E-state index contributed by atoms with van der Waals surface area (Å²) < 4.78 is 4.93. The maximum atomic E-state index is 12.1. The monoisotopic (exact) mass is 357 g/mol. The Morgan fingerprint density at radius 2 is 1.84 bits per heavy atom. The van der Waals surface area contributed by atoms with Crippen LogP contribution in [0.4, 0.5) is 0 Å². The molecule has 0 saturated carbocycles. The lowest BCUT2D eigenvalue weighted by Crippen LogP contribution is -2.28. The fourth-order valence-electron chi connectivity index (χ4n) is 2.36. The number of benzene rings is 2. The molecule has 25 heavy (non-hydrogen) atoms. The average molecular weight is 357 g/mol. The number of thiophene rings is 1. The minimum Gasteiger partial charge on any atom is -0.507 e. The zero-order valence-corrected chi connectivity index (χ0v) is 13.9. The first-order valence-corrected chi connectivity index (χ1v) is 8.34. The number of phenols is 2. The van der Waals surface area contributed by atoms with Gasteiger partial charge in [0.15, 0.2) is 6.61 Å². The van der Waals surface area contributed by atoms with Gasteiger partial charge in [0, 0.05) is 15.6 Å². The second-order valence-corrected chi connectivity index (χ2v) is 6.30.